The topological polar surface area (TPSA) is 15.3 Å². The van der Waals surface area contributed by atoms with Crippen molar-refractivity contribution in [2.24, 2.45) is 0 Å². The van der Waals surface area contributed by atoms with Crippen LogP contribution in [0.4, 0.5) is 0 Å². The van der Waals surface area contributed by atoms with E-state index in [1.807, 2.05) is 0 Å². The third-order valence-corrected chi connectivity index (χ3v) is 4.11. The molecule has 1 aliphatic rings. The van der Waals surface area contributed by atoms with Gasteiger partial charge < -0.3 is 5.32 Å². The van der Waals surface area contributed by atoms with Gasteiger partial charge >= 0.3 is 0 Å². The van der Waals surface area contributed by atoms with E-state index in [4.69, 9.17) is 0 Å². The molecular weight excluding hydrogens is 232 g/mol. The molecule has 1 aromatic rings. The molecule has 0 amide bonds. The smallest absolute Gasteiger partial charge is 0.0234 e. The van der Waals surface area contributed by atoms with Crippen LogP contribution in [0.15, 0.2) is 24.3 Å². The van der Waals surface area contributed by atoms with Gasteiger partial charge in [-0.15, -0.1) is 0 Å². The van der Waals surface area contributed by atoms with Gasteiger partial charge in [-0.2, -0.15) is 0 Å². The normalized spacial score (nSPS) is 21.6. The molecule has 2 nitrogen and oxygen atoms in total. The Morgan fingerprint density at radius 1 is 1.26 bits per heavy atom. The lowest BCUT2D eigenvalue weighted by molar-refractivity contribution is 0.257. The summed E-state index contributed by atoms with van der Waals surface area (Å²) in [5, 5.41) is 3.63. The van der Waals surface area contributed by atoms with Crippen LogP contribution >= 0.6 is 0 Å². The van der Waals surface area contributed by atoms with Crippen LogP contribution in [0, 0.1) is 0 Å². The quantitative estimate of drug-likeness (QED) is 0.893. The van der Waals surface area contributed by atoms with Crippen LogP contribution in [-0.4, -0.2) is 30.6 Å². The number of hydrogen-bond acceptors (Lipinski definition) is 2. The van der Waals surface area contributed by atoms with E-state index in [9.17, 15) is 0 Å². The lowest BCUT2D eigenvalue weighted by atomic mass is 10.0. The van der Waals surface area contributed by atoms with E-state index >= 15 is 0 Å². The molecule has 0 saturated carbocycles. The van der Waals surface area contributed by atoms with Gasteiger partial charge in [-0.1, -0.05) is 45.0 Å². The van der Waals surface area contributed by atoms with Crippen molar-refractivity contribution in [2.45, 2.75) is 52.1 Å². The van der Waals surface area contributed by atoms with Crippen LogP contribution in [0.2, 0.25) is 0 Å². The Balaban J connectivity index is 1.95. The number of rotatable bonds is 4. The van der Waals surface area contributed by atoms with Crippen molar-refractivity contribution in [3.05, 3.63) is 35.4 Å². The molecule has 106 valence electrons. The van der Waals surface area contributed by atoms with Gasteiger partial charge in [0.2, 0.25) is 0 Å². The summed E-state index contributed by atoms with van der Waals surface area (Å²) < 4.78 is 0. The molecule has 1 N–H and O–H groups in total. The minimum Gasteiger partial charge on any atom is -0.313 e. The fourth-order valence-electron chi connectivity index (χ4n) is 2.76. The monoisotopic (exact) mass is 260 g/mol. The zero-order valence-electron chi connectivity index (χ0n) is 12.7. The van der Waals surface area contributed by atoms with Gasteiger partial charge in [0.05, 0.1) is 0 Å². The summed E-state index contributed by atoms with van der Waals surface area (Å²) in [7, 11) is 0. The summed E-state index contributed by atoms with van der Waals surface area (Å²) in [6.07, 6.45) is 2.49. The van der Waals surface area contributed by atoms with Crippen molar-refractivity contribution < 1.29 is 0 Å². The molecule has 1 unspecified atom stereocenters. The molecule has 19 heavy (non-hydrogen) atoms. The molecule has 1 atom stereocenters. The third-order valence-electron chi connectivity index (χ3n) is 4.11. The van der Waals surface area contributed by atoms with Gasteiger partial charge in [0.15, 0.2) is 0 Å². The van der Waals surface area contributed by atoms with E-state index in [1.165, 1.54) is 43.6 Å². The van der Waals surface area contributed by atoms with E-state index in [0.717, 1.165) is 6.54 Å². The average molecular weight is 260 g/mol. The molecule has 2 heteroatoms. The van der Waals surface area contributed by atoms with Crippen LogP contribution in [0.25, 0.3) is 0 Å². The van der Waals surface area contributed by atoms with E-state index in [2.05, 4.69) is 55.3 Å². The second kappa shape index (κ2) is 7.06. The van der Waals surface area contributed by atoms with Crippen LogP contribution in [0.5, 0.6) is 0 Å². The number of hydrogen-bond donors (Lipinski definition) is 1. The van der Waals surface area contributed by atoms with E-state index in [-0.39, 0.29) is 0 Å². The molecule has 1 aromatic carbocycles. The highest BCUT2D eigenvalue weighted by atomic mass is 15.2. The van der Waals surface area contributed by atoms with Crippen LogP contribution in [-0.2, 0) is 6.54 Å². The second-order valence-electron chi connectivity index (χ2n) is 6.04. The molecule has 0 bridgehead atoms. The first-order valence-corrected chi connectivity index (χ1v) is 7.73. The lowest BCUT2D eigenvalue weighted by Gasteiger charge is -2.23. The average Bonchev–Trinajstić information content (AvgIpc) is 2.64. The highest BCUT2D eigenvalue weighted by Gasteiger charge is 2.16. The van der Waals surface area contributed by atoms with E-state index < -0.39 is 0 Å². The maximum absolute atomic E-state index is 3.63. The first-order chi connectivity index (χ1) is 9.19. The molecular formula is C17H28N2. The number of nitrogens with zero attached hydrogens (tertiary/aromatic N) is 1. The summed E-state index contributed by atoms with van der Waals surface area (Å²) in [6, 6.07) is 9.83. The SMILES string of the molecule is CCC1CN(Cc2ccc(C(C)C)cc2)CCCN1. The predicted molar refractivity (Wildman–Crippen MR) is 82.5 cm³/mol. The molecule has 1 saturated heterocycles. The molecule has 1 aliphatic heterocycles. The highest BCUT2D eigenvalue weighted by Crippen LogP contribution is 2.16. The Hall–Kier alpha value is -0.860. The van der Waals surface area contributed by atoms with Crippen molar-refractivity contribution in [2.75, 3.05) is 19.6 Å². The molecule has 1 heterocycles. The van der Waals surface area contributed by atoms with Gasteiger partial charge in [0.1, 0.15) is 0 Å². The zero-order valence-corrected chi connectivity index (χ0v) is 12.7. The first kappa shape index (κ1) is 14.5. The largest absolute Gasteiger partial charge is 0.313 e. The maximum Gasteiger partial charge on any atom is 0.0234 e. The predicted octanol–water partition coefficient (Wildman–Crippen LogP) is 3.38. The van der Waals surface area contributed by atoms with Gasteiger partial charge in [0, 0.05) is 19.1 Å². The van der Waals surface area contributed by atoms with Crippen molar-refractivity contribution >= 4 is 0 Å². The summed E-state index contributed by atoms with van der Waals surface area (Å²) in [6.45, 7) is 11.4. The Labute approximate surface area is 118 Å². The summed E-state index contributed by atoms with van der Waals surface area (Å²) >= 11 is 0. The van der Waals surface area contributed by atoms with Gasteiger partial charge in [0.25, 0.3) is 0 Å². The fraction of sp³-hybridized carbons (Fsp3) is 0.647. The summed E-state index contributed by atoms with van der Waals surface area (Å²) in [4.78, 5) is 2.60. The van der Waals surface area contributed by atoms with E-state index in [1.54, 1.807) is 0 Å². The van der Waals surface area contributed by atoms with E-state index in [0.29, 0.717) is 12.0 Å². The molecule has 0 radical (unpaired) electrons. The van der Waals surface area contributed by atoms with Crippen LogP contribution in [0.3, 0.4) is 0 Å². The molecule has 0 spiro atoms. The standard InChI is InChI=1S/C17H28N2/c1-4-17-13-19(11-5-10-18-17)12-15-6-8-16(9-7-15)14(2)3/h6-9,14,17-18H,4-5,10-13H2,1-3H3. The second-order valence-corrected chi connectivity index (χ2v) is 6.04. The number of benzene rings is 1. The van der Waals surface area contributed by atoms with Gasteiger partial charge in [-0.05, 0) is 43.0 Å². The van der Waals surface area contributed by atoms with Gasteiger partial charge in [-0.3, -0.25) is 4.90 Å². The molecule has 1 fully saturated rings. The van der Waals surface area contributed by atoms with Crippen molar-refractivity contribution in [3.63, 3.8) is 0 Å². The molecule has 2 rings (SSSR count). The summed E-state index contributed by atoms with van der Waals surface area (Å²) in [5.74, 6) is 0.626. The number of nitrogens with one attached hydrogen (secondary N) is 1. The Morgan fingerprint density at radius 3 is 2.63 bits per heavy atom. The van der Waals surface area contributed by atoms with Crippen molar-refractivity contribution in [1.82, 2.24) is 10.2 Å². The Kier molecular flexibility index (Phi) is 5.41. The van der Waals surface area contributed by atoms with Crippen LogP contribution < -0.4 is 5.32 Å². The first-order valence-electron chi connectivity index (χ1n) is 7.73. The van der Waals surface area contributed by atoms with Gasteiger partial charge in [-0.25, -0.2) is 0 Å². The maximum atomic E-state index is 3.63. The highest BCUT2D eigenvalue weighted by molar-refractivity contribution is 5.24. The Morgan fingerprint density at radius 2 is 2.00 bits per heavy atom. The third kappa shape index (κ3) is 4.32. The summed E-state index contributed by atoms with van der Waals surface area (Å²) in [5.41, 5.74) is 2.88. The molecule has 0 aliphatic carbocycles. The fourth-order valence-corrected chi connectivity index (χ4v) is 2.76. The Bertz CT molecular complexity index is 369. The van der Waals surface area contributed by atoms with Crippen molar-refractivity contribution in [1.29, 1.82) is 0 Å². The molecule has 0 aromatic heterocycles. The van der Waals surface area contributed by atoms with Crippen molar-refractivity contribution in [3.8, 4) is 0 Å². The minimum absolute atomic E-state index is 0.626. The zero-order chi connectivity index (χ0) is 13.7. The minimum atomic E-state index is 0.626. The van der Waals surface area contributed by atoms with Crippen LogP contribution in [0.1, 0.15) is 50.7 Å². The lowest BCUT2D eigenvalue weighted by Crippen LogP contribution is -2.36.